The van der Waals surface area contributed by atoms with Crippen LogP contribution in [0.1, 0.15) is 31.0 Å². The fourth-order valence-corrected chi connectivity index (χ4v) is 4.49. The third-order valence-corrected chi connectivity index (χ3v) is 5.74. The molecule has 1 N–H and O–H groups in total. The van der Waals surface area contributed by atoms with Gasteiger partial charge in [-0.25, -0.2) is 0 Å². The van der Waals surface area contributed by atoms with Crippen molar-refractivity contribution in [3.8, 4) is 11.9 Å². The lowest BCUT2D eigenvalue weighted by molar-refractivity contribution is -0.119. The summed E-state index contributed by atoms with van der Waals surface area (Å²) in [5.41, 5.74) is 0.980. The SMILES string of the molecule is COc1cc(N2C[C@H]3C[C@@H](C2)[C@H](CNC(C)=O)n2c3cccc2=O)nc(OC)n1. The highest BCUT2D eigenvalue weighted by molar-refractivity contribution is 5.72. The summed E-state index contributed by atoms with van der Waals surface area (Å²) in [7, 11) is 3.08. The van der Waals surface area contributed by atoms with Gasteiger partial charge in [0.05, 0.1) is 20.3 Å². The van der Waals surface area contributed by atoms with Crippen molar-refractivity contribution >= 4 is 11.7 Å². The number of fused-ring (bicyclic) bond motifs is 4. The van der Waals surface area contributed by atoms with Crippen LogP contribution in [0.5, 0.6) is 11.9 Å². The number of amides is 1. The van der Waals surface area contributed by atoms with Crippen LogP contribution in [0.25, 0.3) is 0 Å². The van der Waals surface area contributed by atoms with Crippen molar-refractivity contribution in [3.63, 3.8) is 0 Å². The van der Waals surface area contributed by atoms with Crippen molar-refractivity contribution in [2.75, 3.05) is 38.8 Å². The van der Waals surface area contributed by atoms with Gasteiger partial charge in [0.25, 0.3) is 5.56 Å². The van der Waals surface area contributed by atoms with Crippen LogP contribution < -0.4 is 25.2 Å². The number of aromatic nitrogens is 3. The smallest absolute Gasteiger partial charge is 0.321 e. The summed E-state index contributed by atoms with van der Waals surface area (Å²) in [4.78, 5) is 35.0. The predicted molar refractivity (Wildman–Crippen MR) is 107 cm³/mol. The zero-order chi connectivity index (χ0) is 20.5. The molecular formula is C20H25N5O4. The van der Waals surface area contributed by atoms with Gasteiger partial charge in [-0.1, -0.05) is 6.07 Å². The number of methoxy groups -OCH3 is 2. The second kappa shape index (κ2) is 7.73. The minimum atomic E-state index is -0.104. The number of pyridine rings is 1. The standard InChI is InChI=1S/C20H25N5O4/c1-12(26)21-9-16-14-7-13(15-5-4-6-19(27)25(15)16)10-24(11-14)17-8-18(28-2)23-20(22-17)29-3/h4-6,8,13-14,16H,7,9-11H2,1-3H3,(H,21,26)/t13-,14+,16+/m1/s1. The van der Waals surface area contributed by atoms with Crippen LogP contribution in [0.3, 0.4) is 0 Å². The number of piperidine rings is 1. The van der Waals surface area contributed by atoms with Gasteiger partial charge in [-0.2, -0.15) is 9.97 Å². The molecule has 1 amide bonds. The topological polar surface area (TPSA) is 98.6 Å². The summed E-state index contributed by atoms with van der Waals surface area (Å²) >= 11 is 0. The highest BCUT2D eigenvalue weighted by atomic mass is 16.5. The molecular weight excluding hydrogens is 374 g/mol. The third-order valence-electron chi connectivity index (χ3n) is 5.74. The van der Waals surface area contributed by atoms with E-state index >= 15 is 0 Å². The Morgan fingerprint density at radius 1 is 1.24 bits per heavy atom. The van der Waals surface area contributed by atoms with E-state index in [4.69, 9.17) is 9.47 Å². The first-order valence-electron chi connectivity index (χ1n) is 9.68. The highest BCUT2D eigenvalue weighted by Gasteiger charge is 2.41. The number of carbonyl (C=O) groups is 1. The molecule has 2 aliphatic rings. The van der Waals surface area contributed by atoms with E-state index in [2.05, 4.69) is 20.2 Å². The molecule has 0 saturated carbocycles. The van der Waals surface area contributed by atoms with Gasteiger partial charge in [-0.05, 0) is 18.4 Å². The van der Waals surface area contributed by atoms with Crippen LogP contribution >= 0.6 is 0 Å². The Morgan fingerprint density at radius 3 is 2.79 bits per heavy atom. The average Bonchev–Trinajstić information content (AvgIpc) is 2.73. The van der Waals surface area contributed by atoms with Crippen molar-refractivity contribution in [3.05, 3.63) is 40.3 Å². The monoisotopic (exact) mass is 399 g/mol. The van der Waals surface area contributed by atoms with Gasteiger partial charge < -0.3 is 24.3 Å². The molecule has 3 atom stereocenters. The maximum Gasteiger partial charge on any atom is 0.321 e. The minimum absolute atomic E-state index is 0.0219. The van der Waals surface area contributed by atoms with E-state index in [-0.39, 0.29) is 35.4 Å². The van der Waals surface area contributed by atoms with Gasteiger partial charge in [0.15, 0.2) is 0 Å². The van der Waals surface area contributed by atoms with E-state index in [0.29, 0.717) is 19.0 Å². The first-order valence-corrected chi connectivity index (χ1v) is 9.68. The first-order chi connectivity index (χ1) is 14.0. The number of carbonyl (C=O) groups excluding carboxylic acids is 1. The number of ether oxygens (including phenoxy) is 2. The van der Waals surface area contributed by atoms with Crippen molar-refractivity contribution in [2.24, 2.45) is 5.92 Å². The molecule has 154 valence electrons. The summed E-state index contributed by atoms with van der Waals surface area (Å²) in [6.45, 7) is 3.36. The molecule has 1 fully saturated rings. The molecule has 1 saturated heterocycles. The van der Waals surface area contributed by atoms with Crippen LogP contribution in [0.4, 0.5) is 5.82 Å². The summed E-state index contributed by atoms with van der Waals surface area (Å²) in [6, 6.07) is 7.34. The lowest BCUT2D eigenvalue weighted by atomic mass is 9.78. The number of nitrogens with one attached hydrogen (secondary N) is 1. The molecule has 2 aromatic rings. The summed E-state index contributed by atoms with van der Waals surface area (Å²) in [6.07, 6.45) is 0.962. The first kappa shape index (κ1) is 19.2. The molecule has 2 bridgehead atoms. The maximum atomic E-state index is 12.7. The molecule has 2 aliphatic heterocycles. The van der Waals surface area contributed by atoms with Crippen LogP contribution in [-0.2, 0) is 4.79 Å². The van der Waals surface area contributed by atoms with Gasteiger partial charge in [-0.3, -0.25) is 9.59 Å². The summed E-state index contributed by atoms with van der Waals surface area (Å²) in [5, 5.41) is 2.89. The van der Waals surface area contributed by atoms with Gasteiger partial charge in [0, 0.05) is 50.3 Å². The Balaban J connectivity index is 1.71. The quantitative estimate of drug-likeness (QED) is 0.799. The molecule has 0 spiro atoms. The van der Waals surface area contributed by atoms with E-state index in [1.54, 1.807) is 25.3 Å². The molecule has 0 aliphatic carbocycles. The van der Waals surface area contributed by atoms with E-state index in [9.17, 15) is 9.59 Å². The normalized spacial score (nSPS) is 22.6. The highest BCUT2D eigenvalue weighted by Crippen LogP contribution is 2.42. The Kier molecular flexibility index (Phi) is 5.12. The number of hydrogen-bond acceptors (Lipinski definition) is 7. The molecule has 9 nitrogen and oxygen atoms in total. The molecule has 4 rings (SSSR count). The Labute approximate surface area is 168 Å². The molecule has 4 heterocycles. The second-order valence-electron chi connectivity index (χ2n) is 7.52. The van der Waals surface area contributed by atoms with Crippen molar-refractivity contribution in [1.82, 2.24) is 19.9 Å². The van der Waals surface area contributed by atoms with Crippen LogP contribution in [-0.4, -0.2) is 54.3 Å². The summed E-state index contributed by atoms with van der Waals surface area (Å²) < 4.78 is 12.4. The molecule has 9 heteroatoms. The molecule has 0 unspecified atom stereocenters. The Morgan fingerprint density at radius 2 is 2.07 bits per heavy atom. The fourth-order valence-electron chi connectivity index (χ4n) is 4.49. The van der Waals surface area contributed by atoms with E-state index < -0.39 is 0 Å². The minimum Gasteiger partial charge on any atom is -0.481 e. The Hall–Kier alpha value is -3.10. The molecule has 29 heavy (non-hydrogen) atoms. The van der Waals surface area contributed by atoms with Gasteiger partial charge >= 0.3 is 6.01 Å². The fraction of sp³-hybridized carbons (Fsp3) is 0.500. The largest absolute Gasteiger partial charge is 0.481 e. The number of anilines is 1. The van der Waals surface area contributed by atoms with E-state index in [1.165, 1.54) is 14.0 Å². The lowest BCUT2D eigenvalue weighted by Gasteiger charge is -2.47. The zero-order valence-corrected chi connectivity index (χ0v) is 16.8. The number of hydrogen-bond donors (Lipinski definition) is 1. The van der Waals surface area contributed by atoms with Gasteiger partial charge in [0.1, 0.15) is 5.82 Å². The number of nitrogens with zero attached hydrogens (tertiary/aromatic N) is 4. The zero-order valence-electron chi connectivity index (χ0n) is 16.8. The van der Waals surface area contributed by atoms with Crippen LogP contribution in [0.2, 0.25) is 0 Å². The van der Waals surface area contributed by atoms with Crippen molar-refractivity contribution in [2.45, 2.75) is 25.3 Å². The third kappa shape index (κ3) is 3.64. The molecule has 0 radical (unpaired) electrons. The van der Waals surface area contributed by atoms with Crippen molar-refractivity contribution in [1.29, 1.82) is 0 Å². The maximum absolute atomic E-state index is 12.7. The van der Waals surface area contributed by atoms with E-state index in [0.717, 1.165) is 24.5 Å². The molecule has 2 aromatic heterocycles. The Bertz CT molecular complexity index is 953. The van der Waals surface area contributed by atoms with Gasteiger partial charge in [0.2, 0.25) is 11.8 Å². The van der Waals surface area contributed by atoms with Crippen LogP contribution in [0.15, 0.2) is 29.1 Å². The predicted octanol–water partition coefficient (Wildman–Crippen LogP) is 0.956. The molecule has 0 aromatic carbocycles. The van der Waals surface area contributed by atoms with Crippen molar-refractivity contribution < 1.29 is 14.3 Å². The number of rotatable bonds is 5. The van der Waals surface area contributed by atoms with Crippen LogP contribution in [0, 0.1) is 5.92 Å². The van der Waals surface area contributed by atoms with Gasteiger partial charge in [-0.15, -0.1) is 0 Å². The second-order valence-corrected chi connectivity index (χ2v) is 7.52. The lowest BCUT2D eigenvalue weighted by Crippen LogP contribution is -2.52. The van der Waals surface area contributed by atoms with E-state index in [1.807, 2.05) is 10.6 Å². The average molecular weight is 399 g/mol. The summed E-state index contributed by atoms with van der Waals surface area (Å²) in [5.74, 6) is 1.46.